The quantitative estimate of drug-likeness (QED) is 0.902. The van der Waals surface area contributed by atoms with Crippen molar-refractivity contribution < 1.29 is 9.13 Å². The molecule has 1 atom stereocenters. The van der Waals surface area contributed by atoms with Gasteiger partial charge in [-0.05, 0) is 18.4 Å². The summed E-state index contributed by atoms with van der Waals surface area (Å²) in [4.78, 5) is 2.39. The summed E-state index contributed by atoms with van der Waals surface area (Å²) in [6.45, 7) is 8.29. The number of hydrogen-bond donors (Lipinski definition) is 1. The highest BCUT2D eigenvalue weighted by molar-refractivity contribution is 5.85. The Morgan fingerprint density at radius 2 is 1.95 bits per heavy atom. The van der Waals surface area contributed by atoms with Crippen LogP contribution in [0.1, 0.15) is 31.9 Å². The predicted octanol–water partition coefficient (Wildman–Crippen LogP) is 3.25. The third-order valence-electron chi connectivity index (χ3n) is 3.85. The molecule has 0 unspecified atom stereocenters. The fourth-order valence-electron chi connectivity index (χ4n) is 2.82. The van der Waals surface area contributed by atoms with E-state index in [-0.39, 0.29) is 24.3 Å². The third kappa shape index (κ3) is 4.83. The third-order valence-corrected chi connectivity index (χ3v) is 3.85. The minimum Gasteiger partial charge on any atom is -0.497 e. The lowest BCUT2D eigenvalue weighted by atomic mass is 9.94. The second kappa shape index (κ2) is 8.57. The van der Waals surface area contributed by atoms with Crippen LogP contribution in [0.2, 0.25) is 0 Å². The maximum Gasteiger partial charge on any atom is 0.131 e. The molecule has 1 aromatic rings. The second-order valence-electron chi connectivity index (χ2n) is 5.82. The van der Waals surface area contributed by atoms with E-state index < -0.39 is 0 Å². The van der Waals surface area contributed by atoms with Gasteiger partial charge in [0.2, 0.25) is 0 Å². The summed E-state index contributed by atoms with van der Waals surface area (Å²) < 4.78 is 19.5. The fraction of sp³-hybridized carbons (Fsp3) is 0.625. The van der Waals surface area contributed by atoms with E-state index in [1.54, 1.807) is 7.11 Å². The van der Waals surface area contributed by atoms with Crippen LogP contribution in [0.4, 0.5) is 4.39 Å². The maximum absolute atomic E-state index is 14.4. The molecule has 0 spiro atoms. The first kappa shape index (κ1) is 18.2. The molecule has 120 valence electrons. The first-order chi connectivity index (χ1) is 9.61. The largest absolute Gasteiger partial charge is 0.497 e. The van der Waals surface area contributed by atoms with Gasteiger partial charge in [0.25, 0.3) is 0 Å². The standard InChI is InChI=1S/C16H25FN2O.ClH/c1-12(2)10-16(19-8-6-18-7-9-19)14-5-4-13(20-3)11-15(14)17;/h4-5,11-12,16,18H,6-10H2,1-3H3;1H/t16-;/m1./s1. The van der Waals surface area contributed by atoms with E-state index >= 15 is 0 Å². The number of halogens is 2. The zero-order valence-electron chi connectivity index (χ0n) is 13.1. The molecule has 0 aromatic heterocycles. The van der Waals surface area contributed by atoms with Crippen LogP contribution in [0.5, 0.6) is 5.75 Å². The van der Waals surface area contributed by atoms with Crippen molar-refractivity contribution in [2.45, 2.75) is 26.3 Å². The minimum atomic E-state index is -0.159. The number of piperazine rings is 1. The number of ether oxygens (including phenoxy) is 1. The summed E-state index contributed by atoms with van der Waals surface area (Å²) >= 11 is 0. The number of nitrogens with zero attached hydrogens (tertiary/aromatic N) is 1. The molecular formula is C16H26ClFN2O. The molecule has 1 heterocycles. The highest BCUT2D eigenvalue weighted by Crippen LogP contribution is 2.31. The van der Waals surface area contributed by atoms with Gasteiger partial charge in [-0.25, -0.2) is 4.39 Å². The number of nitrogens with one attached hydrogen (secondary N) is 1. The van der Waals surface area contributed by atoms with E-state index in [4.69, 9.17) is 4.74 Å². The van der Waals surface area contributed by atoms with Crippen molar-refractivity contribution in [2.75, 3.05) is 33.3 Å². The zero-order valence-corrected chi connectivity index (χ0v) is 13.9. The van der Waals surface area contributed by atoms with Gasteiger partial charge in [-0.1, -0.05) is 19.9 Å². The lowest BCUT2D eigenvalue weighted by molar-refractivity contribution is 0.151. The molecule has 0 radical (unpaired) electrons. The molecular weight excluding hydrogens is 291 g/mol. The SMILES string of the molecule is COc1ccc([C@@H](CC(C)C)N2CCNCC2)c(F)c1.Cl. The summed E-state index contributed by atoms with van der Waals surface area (Å²) in [6, 6.07) is 5.38. The van der Waals surface area contributed by atoms with Gasteiger partial charge in [-0.3, -0.25) is 4.90 Å². The second-order valence-corrected chi connectivity index (χ2v) is 5.82. The number of rotatable bonds is 5. The smallest absolute Gasteiger partial charge is 0.131 e. The van der Waals surface area contributed by atoms with E-state index in [0.717, 1.165) is 38.2 Å². The van der Waals surface area contributed by atoms with Gasteiger partial charge in [0.1, 0.15) is 11.6 Å². The average Bonchev–Trinajstić information content (AvgIpc) is 2.45. The van der Waals surface area contributed by atoms with Crippen molar-refractivity contribution in [1.82, 2.24) is 10.2 Å². The Bertz CT molecular complexity index is 436. The molecule has 0 bridgehead atoms. The summed E-state index contributed by atoms with van der Waals surface area (Å²) in [5.74, 6) is 0.958. The molecule has 1 saturated heterocycles. The highest BCUT2D eigenvalue weighted by Gasteiger charge is 2.25. The van der Waals surface area contributed by atoms with Crippen LogP contribution in [0.3, 0.4) is 0 Å². The minimum absolute atomic E-state index is 0. The van der Waals surface area contributed by atoms with Crippen molar-refractivity contribution in [3.8, 4) is 5.75 Å². The summed E-state index contributed by atoms with van der Waals surface area (Å²) in [5.41, 5.74) is 0.793. The Labute approximate surface area is 133 Å². The Balaban J connectivity index is 0.00000220. The lowest BCUT2D eigenvalue weighted by Gasteiger charge is -2.36. The Morgan fingerprint density at radius 3 is 2.48 bits per heavy atom. The van der Waals surface area contributed by atoms with Gasteiger partial charge in [-0.2, -0.15) is 0 Å². The molecule has 1 aliphatic rings. The number of methoxy groups -OCH3 is 1. The number of benzene rings is 1. The Morgan fingerprint density at radius 1 is 1.29 bits per heavy atom. The molecule has 3 nitrogen and oxygen atoms in total. The summed E-state index contributed by atoms with van der Waals surface area (Å²) in [7, 11) is 1.57. The molecule has 0 saturated carbocycles. The van der Waals surface area contributed by atoms with E-state index in [1.165, 1.54) is 6.07 Å². The maximum atomic E-state index is 14.4. The highest BCUT2D eigenvalue weighted by atomic mass is 35.5. The van der Waals surface area contributed by atoms with Crippen LogP contribution in [0, 0.1) is 11.7 Å². The van der Waals surface area contributed by atoms with E-state index in [1.807, 2.05) is 12.1 Å². The topological polar surface area (TPSA) is 24.5 Å². The van der Waals surface area contributed by atoms with Gasteiger partial charge in [-0.15, -0.1) is 12.4 Å². The monoisotopic (exact) mass is 316 g/mol. The summed E-state index contributed by atoms with van der Waals surface area (Å²) in [5, 5.41) is 3.35. The molecule has 0 amide bonds. The Hall–Kier alpha value is -0.840. The molecule has 1 aromatic carbocycles. The number of hydrogen-bond acceptors (Lipinski definition) is 3. The first-order valence-corrected chi connectivity index (χ1v) is 7.40. The van der Waals surface area contributed by atoms with E-state index in [2.05, 4.69) is 24.1 Å². The molecule has 0 aliphatic carbocycles. The van der Waals surface area contributed by atoms with Crippen LogP contribution in [0.15, 0.2) is 18.2 Å². The normalized spacial score (nSPS) is 17.4. The van der Waals surface area contributed by atoms with Crippen LogP contribution >= 0.6 is 12.4 Å². The van der Waals surface area contributed by atoms with Crippen LogP contribution in [-0.2, 0) is 0 Å². The molecule has 21 heavy (non-hydrogen) atoms. The van der Waals surface area contributed by atoms with Crippen LogP contribution < -0.4 is 10.1 Å². The van der Waals surface area contributed by atoms with Gasteiger partial charge in [0.05, 0.1) is 7.11 Å². The van der Waals surface area contributed by atoms with Gasteiger partial charge in [0.15, 0.2) is 0 Å². The molecule has 1 fully saturated rings. The fourth-order valence-corrected chi connectivity index (χ4v) is 2.82. The van der Waals surface area contributed by atoms with Gasteiger partial charge >= 0.3 is 0 Å². The van der Waals surface area contributed by atoms with Crippen LogP contribution in [0.25, 0.3) is 0 Å². The van der Waals surface area contributed by atoms with Gasteiger partial charge in [0, 0.05) is 43.9 Å². The predicted molar refractivity (Wildman–Crippen MR) is 86.8 cm³/mol. The molecule has 2 rings (SSSR count). The zero-order chi connectivity index (χ0) is 14.5. The van der Waals surface area contributed by atoms with Crippen LogP contribution in [-0.4, -0.2) is 38.2 Å². The molecule has 1 aliphatic heterocycles. The lowest BCUT2D eigenvalue weighted by Crippen LogP contribution is -2.45. The Kier molecular flexibility index (Phi) is 7.43. The van der Waals surface area contributed by atoms with Gasteiger partial charge < -0.3 is 10.1 Å². The first-order valence-electron chi connectivity index (χ1n) is 7.40. The summed E-state index contributed by atoms with van der Waals surface area (Å²) in [6.07, 6.45) is 0.975. The van der Waals surface area contributed by atoms with Crippen molar-refractivity contribution in [1.29, 1.82) is 0 Å². The van der Waals surface area contributed by atoms with Crippen molar-refractivity contribution >= 4 is 12.4 Å². The van der Waals surface area contributed by atoms with E-state index in [9.17, 15) is 4.39 Å². The molecule has 5 heteroatoms. The van der Waals surface area contributed by atoms with Crippen molar-refractivity contribution in [2.24, 2.45) is 5.92 Å². The van der Waals surface area contributed by atoms with E-state index in [0.29, 0.717) is 11.7 Å². The van der Waals surface area contributed by atoms with Crippen molar-refractivity contribution in [3.63, 3.8) is 0 Å². The molecule has 1 N–H and O–H groups in total. The average molecular weight is 317 g/mol. The van der Waals surface area contributed by atoms with Crippen molar-refractivity contribution in [3.05, 3.63) is 29.6 Å².